The minimum atomic E-state index is -0.352. The van der Waals surface area contributed by atoms with Crippen LogP contribution >= 0.6 is 0 Å². The second-order valence-electron chi connectivity index (χ2n) is 4.10. The van der Waals surface area contributed by atoms with E-state index < -0.39 is 0 Å². The maximum Gasteiger partial charge on any atom is 0.151 e. The Hall–Kier alpha value is -2.10. The topological polar surface area (TPSA) is 31.2 Å². The molecule has 0 aliphatic heterocycles. The molecule has 0 radical (unpaired) electrons. The van der Waals surface area contributed by atoms with Crippen LogP contribution in [0.3, 0.4) is 0 Å². The molecule has 0 unspecified atom stereocenters. The molecule has 1 aromatic heterocycles. The molecule has 0 saturated heterocycles. The smallest absolute Gasteiger partial charge is 0.151 e. The summed E-state index contributed by atoms with van der Waals surface area (Å²) in [6.07, 6.45) is 0.775. The summed E-state index contributed by atoms with van der Waals surface area (Å²) < 4.78 is 20.7. The number of carbonyl (C=O) groups excluding carboxylic acids is 1. The van der Waals surface area contributed by atoms with Crippen LogP contribution in [0.2, 0.25) is 0 Å². The zero-order valence-electron chi connectivity index (χ0n) is 10.5. The fourth-order valence-electron chi connectivity index (χ4n) is 2.07. The van der Waals surface area contributed by atoms with E-state index in [-0.39, 0.29) is 5.82 Å². The number of rotatable bonds is 3. The van der Waals surface area contributed by atoms with Crippen molar-refractivity contribution in [2.75, 3.05) is 7.11 Å². The van der Waals surface area contributed by atoms with Gasteiger partial charge in [0.2, 0.25) is 0 Å². The number of aldehydes is 1. The highest BCUT2D eigenvalue weighted by Crippen LogP contribution is 2.25. The largest absolute Gasteiger partial charge is 0.497 e. The number of aromatic nitrogens is 1. The first kappa shape index (κ1) is 12.4. The van der Waals surface area contributed by atoms with Crippen LogP contribution in [0, 0.1) is 19.7 Å². The molecule has 0 atom stereocenters. The molecule has 94 valence electrons. The Labute approximate surface area is 105 Å². The molecule has 4 heteroatoms. The van der Waals surface area contributed by atoms with Crippen molar-refractivity contribution in [3.05, 3.63) is 47.0 Å². The van der Waals surface area contributed by atoms with Crippen molar-refractivity contribution in [3.8, 4) is 11.4 Å². The second kappa shape index (κ2) is 4.64. The molecular formula is C14H14FNO2. The molecule has 0 bridgehead atoms. The normalized spacial score (nSPS) is 10.4. The maximum absolute atomic E-state index is 13.9. The average Bonchev–Trinajstić information content (AvgIpc) is 2.65. The van der Waals surface area contributed by atoms with Crippen molar-refractivity contribution < 1.29 is 13.9 Å². The molecular weight excluding hydrogens is 233 g/mol. The number of halogens is 1. The summed E-state index contributed by atoms with van der Waals surface area (Å²) in [7, 11) is 1.53. The quantitative estimate of drug-likeness (QED) is 0.780. The molecule has 0 aliphatic carbocycles. The van der Waals surface area contributed by atoms with Gasteiger partial charge in [-0.1, -0.05) is 0 Å². The fourth-order valence-corrected chi connectivity index (χ4v) is 2.07. The maximum atomic E-state index is 13.9. The van der Waals surface area contributed by atoms with Crippen molar-refractivity contribution >= 4 is 6.29 Å². The van der Waals surface area contributed by atoms with Gasteiger partial charge in [-0.05, 0) is 32.0 Å². The predicted molar refractivity (Wildman–Crippen MR) is 67.1 cm³/mol. The third kappa shape index (κ3) is 1.90. The number of methoxy groups -OCH3 is 1. The lowest BCUT2D eigenvalue weighted by molar-refractivity contribution is 0.112. The predicted octanol–water partition coefficient (Wildman–Crippen LogP) is 3.05. The molecule has 1 aromatic carbocycles. The zero-order chi connectivity index (χ0) is 13.3. The minimum Gasteiger partial charge on any atom is -0.497 e. The monoisotopic (exact) mass is 247 g/mol. The highest BCUT2D eigenvalue weighted by atomic mass is 19.1. The Kier molecular flexibility index (Phi) is 3.19. The number of hydrogen-bond donors (Lipinski definition) is 0. The first-order valence-corrected chi connectivity index (χ1v) is 5.56. The first-order chi connectivity index (χ1) is 8.58. The molecule has 0 spiro atoms. The third-order valence-electron chi connectivity index (χ3n) is 2.99. The number of carbonyl (C=O) groups is 1. The van der Waals surface area contributed by atoms with Crippen molar-refractivity contribution in [1.82, 2.24) is 4.57 Å². The number of benzene rings is 1. The van der Waals surface area contributed by atoms with Crippen LogP contribution < -0.4 is 4.74 Å². The van der Waals surface area contributed by atoms with Gasteiger partial charge in [0.15, 0.2) is 6.29 Å². The van der Waals surface area contributed by atoms with Gasteiger partial charge in [0.1, 0.15) is 11.6 Å². The molecule has 3 nitrogen and oxygen atoms in total. The van der Waals surface area contributed by atoms with Crippen LogP contribution in [-0.2, 0) is 0 Å². The highest BCUT2D eigenvalue weighted by molar-refractivity contribution is 5.77. The van der Waals surface area contributed by atoms with Crippen molar-refractivity contribution in [2.45, 2.75) is 13.8 Å². The van der Waals surface area contributed by atoms with Gasteiger partial charge in [-0.2, -0.15) is 0 Å². The van der Waals surface area contributed by atoms with E-state index in [1.807, 2.05) is 6.92 Å². The number of aryl methyl sites for hydroxylation is 1. The Morgan fingerprint density at radius 3 is 2.56 bits per heavy atom. The Balaban J connectivity index is 2.68. The van der Waals surface area contributed by atoms with Crippen LogP contribution in [0.15, 0.2) is 24.3 Å². The first-order valence-electron chi connectivity index (χ1n) is 5.56. The van der Waals surface area contributed by atoms with Crippen LogP contribution in [0.4, 0.5) is 4.39 Å². The van der Waals surface area contributed by atoms with Crippen LogP contribution in [-0.4, -0.2) is 18.0 Å². The highest BCUT2D eigenvalue weighted by Gasteiger charge is 2.14. The lowest BCUT2D eigenvalue weighted by Crippen LogP contribution is -2.03. The molecule has 0 aliphatic rings. The van der Waals surface area contributed by atoms with Gasteiger partial charge in [-0.15, -0.1) is 0 Å². The van der Waals surface area contributed by atoms with E-state index in [1.165, 1.54) is 13.2 Å². The number of nitrogens with zero attached hydrogens (tertiary/aromatic N) is 1. The summed E-state index contributed by atoms with van der Waals surface area (Å²) in [5, 5.41) is 0. The van der Waals surface area contributed by atoms with Crippen molar-refractivity contribution in [1.29, 1.82) is 0 Å². The molecule has 0 N–H and O–H groups in total. The fraction of sp³-hybridized carbons (Fsp3) is 0.214. The molecule has 0 fully saturated rings. The van der Waals surface area contributed by atoms with E-state index in [0.717, 1.165) is 17.7 Å². The molecule has 2 rings (SSSR count). The van der Waals surface area contributed by atoms with E-state index in [2.05, 4.69) is 0 Å². The summed E-state index contributed by atoms with van der Waals surface area (Å²) in [4.78, 5) is 10.9. The molecule has 2 aromatic rings. The van der Waals surface area contributed by atoms with E-state index in [0.29, 0.717) is 17.0 Å². The Bertz CT molecular complexity index is 602. The van der Waals surface area contributed by atoms with E-state index >= 15 is 0 Å². The minimum absolute atomic E-state index is 0.352. The molecule has 0 saturated carbocycles. The van der Waals surface area contributed by atoms with Gasteiger partial charge >= 0.3 is 0 Å². The summed E-state index contributed by atoms with van der Waals surface area (Å²) >= 11 is 0. The van der Waals surface area contributed by atoms with E-state index in [4.69, 9.17) is 4.74 Å². The molecule has 1 heterocycles. The van der Waals surface area contributed by atoms with Gasteiger partial charge in [0.25, 0.3) is 0 Å². The SMILES string of the molecule is COc1ccc(F)c(-n2c(C)cc(C=O)c2C)c1. The van der Waals surface area contributed by atoms with Gasteiger partial charge in [0.05, 0.1) is 12.8 Å². The van der Waals surface area contributed by atoms with Gasteiger partial charge in [-0.3, -0.25) is 4.79 Å². The molecule has 18 heavy (non-hydrogen) atoms. The second-order valence-corrected chi connectivity index (χ2v) is 4.10. The standard InChI is InChI=1S/C14H14FNO2/c1-9-6-11(8-17)10(2)16(9)14-7-12(18-3)4-5-13(14)15/h4-8H,1-3H3. The number of ether oxygens (including phenoxy) is 1. The lowest BCUT2D eigenvalue weighted by Gasteiger charge is -2.12. The Morgan fingerprint density at radius 1 is 1.28 bits per heavy atom. The summed E-state index contributed by atoms with van der Waals surface area (Å²) in [5.41, 5.74) is 2.48. The summed E-state index contributed by atoms with van der Waals surface area (Å²) in [6.45, 7) is 3.62. The zero-order valence-corrected chi connectivity index (χ0v) is 10.5. The van der Waals surface area contributed by atoms with E-state index in [9.17, 15) is 9.18 Å². The summed E-state index contributed by atoms with van der Waals surface area (Å²) in [5.74, 6) is 0.224. The summed E-state index contributed by atoms with van der Waals surface area (Å²) in [6, 6.07) is 6.27. The van der Waals surface area contributed by atoms with Gasteiger partial charge in [0, 0.05) is 23.0 Å². The van der Waals surface area contributed by atoms with Crippen molar-refractivity contribution in [3.63, 3.8) is 0 Å². The molecule has 0 amide bonds. The van der Waals surface area contributed by atoms with Crippen molar-refractivity contribution in [2.24, 2.45) is 0 Å². The van der Waals surface area contributed by atoms with Gasteiger partial charge in [-0.25, -0.2) is 4.39 Å². The van der Waals surface area contributed by atoms with Crippen LogP contribution in [0.1, 0.15) is 21.7 Å². The van der Waals surface area contributed by atoms with Crippen LogP contribution in [0.5, 0.6) is 5.75 Å². The third-order valence-corrected chi connectivity index (χ3v) is 2.99. The Morgan fingerprint density at radius 2 is 2.00 bits per heavy atom. The lowest BCUT2D eigenvalue weighted by atomic mass is 10.2. The average molecular weight is 247 g/mol. The van der Waals surface area contributed by atoms with E-state index in [1.54, 1.807) is 29.7 Å². The van der Waals surface area contributed by atoms with Crippen LogP contribution in [0.25, 0.3) is 5.69 Å². The van der Waals surface area contributed by atoms with Gasteiger partial charge < -0.3 is 9.30 Å². The number of hydrogen-bond acceptors (Lipinski definition) is 2.